The molecular formula is C21H25N3O4S. The standard InChI is InChI=1S/C21H25N3O4S/c1-22-19(25)14-8-10-15(11-9-14)23-21(27)17(12-13-29-3)24-20(26)16-6-4-5-7-18(16)28-2/h4-11,17H,12-13H2,1-3H3,(H,22,25)(H,23,27)(H,24,26)/t17-/m0/s1. The summed E-state index contributed by atoms with van der Waals surface area (Å²) in [6.45, 7) is 0. The van der Waals surface area contributed by atoms with Crippen LogP contribution in [0.1, 0.15) is 27.1 Å². The Morgan fingerprint density at radius 1 is 1.03 bits per heavy atom. The van der Waals surface area contributed by atoms with Gasteiger partial charge in [0.1, 0.15) is 11.8 Å². The van der Waals surface area contributed by atoms with E-state index in [9.17, 15) is 14.4 Å². The van der Waals surface area contributed by atoms with Crippen molar-refractivity contribution in [2.24, 2.45) is 0 Å². The van der Waals surface area contributed by atoms with Gasteiger partial charge in [-0.25, -0.2) is 0 Å². The lowest BCUT2D eigenvalue weighted by atomic mass is 10.1. The molecule has 0 aliphatic rings. The quantitative estimate of drug-likeness (QED) is 0.585. The van der Waals surface area contributed by atoms with E-state index in [0.29, 0.717) is 34.7 Å². The van der Waals surface area contributed by atoms with Crippen molar-refractivity contribution in [3.63, 3.8) is 0 Å². The number of methoxy groups -OCH3 is 1. The number of hydrogen-bond donors (Lipinski definition) is 3. The van der Waals surface area contributed by atoms with Crippen molar-refractivity contribution in [2.45, 2.75) is 12.5 Å². The lowest BCUT2D eigenvalue weighted by molar-refractivity contribution is -0.118. The van der Waals surface area contributed by atoms with Crippen LogP contribution in [0.25, 0.3) is 0 Å². The van der Waals surface area contributed by atoms with Gasteiger partial charge in [-0.05, 0) is 54.8 Å². The summed E-state index contributed by atoms with van der Waals surface area (Å²) in [4.78, 5) is 37.1. The molecule has 0 bridgehead atoms. The van der Waals surface area contributed by atoms with Gasteiger partial charge < -0.3 is 20.7 Å². The van der Waals surface area contributed by atoms with Gasteiger partial charge in [0, 0.05) is 18.3 Å². The Bertz CT molecular complexity index is 855. The number of para-hydroxylation sites is 1. The monoisotopic (exact) mass is 415 g/mol. The molecule has 2 rings (SSSR count). The second-order valence-corrected chi connectivity index (χ2v) is 7.14. The first-order chi connectivity index (χ1) is 14.0. The zero-order valence-corrected chi connectivity index (χ0v) is 17.5. The first kappa shape index (κ1) is 22.3. The Morgan fingerprint density at radius 3 is 2.34 bits per heavy atom. The van der Waals surface area contributed by atoms with Gasteiger partial charge in [-0.1, -0.05) is 12.1 Å². The number of hydrogen-bond acceptors (Lipinski definition) is 5. The molecule has 0 fully saturated rings. The highest BCUT2D eigenvalue weighted by atomic mass is 32.2. The molecule has 0 saturated carbocycles. The van der Waals surface area contributed by atoms with E-state index in [4.69, 9.17) is 4.74 Å². The van der Waals surface area contributed by atoms with E-state index in [1.54, 1.807) is 67.3 Å². The summed E-state index contributed by atoms with van der Waals surface area (Å²) in [5.41, 5.74) is 1.41. The van der Waals surface area contributed by atoms with Crippen LogP contribution >= 0.6 is 11.8 Å². The summed E-state index contributed by atoms with van der Waals surface area (Å²) in [7, 11) is 3.05. The zero-order valence-electron chi connectivity index (χ0n) is 16.7. The van der Waals surface area contributed by atoms with Crippen LogP contribution in [0.15, 0.2) is 48.5 Å². The number of anilines is 1. The molecule has 0 heterocycles. The van der Waals surface area contributed by atoms with Gasteiger partial charge in [0.2, 0.25) is 5.91 Å². The zero-order chi connectivity index (χ0) is 21.2. The van der Waals surface area contributed by atoms with Crippen LogP contribution in [0.3, 0.4) is 0 Å². The second kappa shape index (κ2) is 11.1. The Balaban J connectivity index is 2.11. The normalized spacial score (nSPS) is 11.3. The molecule has 0 unspecified atom stereocenters. The number of benzene rings is 2. The molecule has 3 N–H and O–H groups in total. The number of carbonyl (C=O) groups is 3. The predicted octanol–water partition coefficient (Wildman–Crippen LogP) is 2.55. The molecule has 2 aromatic rings. The number of rotatable bonds is 9. The van der Waals surface area contributed by atoms with E-state index in [0.717, 1.165) is 0 Å². The van der Waals surface area contributed by atoms with Crippen molar-refractivity contribution in [1.29, 1.82) is 0 Å². The van der Waals surface area contributed by atoms with Gasteiger partial charge in [-0.15, -0.1) is 0 Å². The Kier molecular flexibility index (Phi) is 8.54. The topological polar surface area (TPSA) is 96.5 Å². The maximum Gasteiger partial charge on any atom is 0.255 e. The molecule has 2 aromatic carbocycles. The number of amides is 3. The second-order valence-electron chi connectivity index (χ2n) is 6.15. The Morgan fingerprint density at radius 2 is 1.72 bits per heavy atom. The third-order valence-corrected chi connectivity index (χ3v) is 4.87. The van der Waals surface area contributed by atoms with Crippen LogP contribution in [0.4, 0.5) is 5.69 Å². The lowest BCUT2D eigenvalue weighted by Gasteiger charge is -2.19. The highest BCUT2D eigenvalue weighted by Gasteiger charge is 2.23. The molecule has 1 atom stereocenters. The fourth-order valence-corrected chi connectivity index (χ4v) is 3.12. The summed E-state index contributed by atoms with van der Waals surface area (Å²) in [6, 6.07) is 12.7. The molecule has 0 aliphatic heterocycles. The van der Waals surface area contributed by atoms with E-state index < -0.39 is 6.04 Å². The van der Waals surface area contributed by atoms with E-state index in [-0.39, 0.29) is 17.7 Å². The smallest absolute Gasteiger partial charge is 0.255 e. The summed E-state index contributed by atoms with van der Waals surface area (Å²) >= 11 is 1.59. The average Bonchev–Trinajstić information content (AvgIpc) is 2.76. The van der Waals surface area contributed by atoms with E-state index in [2.05, 4.69) is 16.0 Å². The minimum atomic E-state index is -0.710. The maximum absolute atomic E-state index is 12.8. The molecule has 154 valence electrons. The summed E-state index contributed by atoms with van der Waals surface area (Å²) in [5.74, 6) is 0.247. The van der Waals surface area contributed by atoms with Crippen LogP contribution in [0, 0.1) is 0 Å². The molecule has 0 aromatic heterocycles. The van der Waals surface area contributed by atoms with Crippen LogP contribution in [0.2, 0.25) is 0 Å². The van der Waals surface area contributed by atoms with Gasteiger partial charge in [-0.2, -0.15) is 11.8 Å². The fraction of sp³-hybridized carbons (Fsp3) is 0.286. The fourth-order valence-electron chi connectivity index (χ4n) is 2.65. The number of thioether (sulfide) groups is 1. The Labute approximate surface area is 174 Å². The molecule has 7 nitrogen and oxygen atoms in total. The highest BCUT2D eigenvalue weighted by Crippen LogP contribution is 2.18. The maximum atomic E-state index is 12.8. The predicted molar refractivity (Wildman–Crippen MR) is 116 cm³/mol. The molecule has 3 amide bonds. The van der Waals surface area contributed by atoms with Crippen LogP contribution in [-0.4, -0.2) is 49.9 Å². The summed E-state index contributed by atoms with van der Waals surface area (Å²) < 4.78 is 5.23. The third-order valence-electron chi connectivity index (χ3n) is 4.23. The van der Waals surface area contributed by atoms with Crippen molar-refractivity contribution in [3.8, 4) is 5.75 Å². The van der Waals surface area contributed by atoms with Crippen molar-refractivity contribution in [2.75, 3.05) is 31.5 Å². The first-order valence-corrected chi connectivity index (χ1v) is 10.4. The molecule has 0 saturated heterocycles. The molecule has 29 heavy (non-hydrogen) atoms. The first-order valence-electron chi connectivity index (χ1n) is 9.06. The van der Waals surface area contributed by atoms with Crippen LogP contribution < -0.4 is 20.7 Å². The van der Waals surface area contributed by atoms with Crippen LogP contribution in [0.5, 0.6) is 5.75 Å². The molecule has 0 spiro atoms. The van der Waals surface area contributed by atoms with E-state index in [1.165, 1.54) is 7.11 Å². The summed E-state index contributed by atoms with van der Waals surface area (Å²) in [5, 5.41) is 8.13. The number of ether oxygens (including phenoxy) is 1. The van der Waals surface area contributed by atoms with Gasteiger partial charge in [0.15, 0.2) is 0 Å². The van der Waals surface area contributed by atoms with E-state index in [1.807, 2.05) is 6.26 Å². The number of carbonyl (C=O) groups excluding carboxylic acids is 3. The average molecular weight is 416 g/mol. The number of nitrogens with one attached hydrogen (secondary N) is 3. The van der Waals surface area contributed by atoms with Crippen LogP contribution in [-0.2, 0) is 4.79 Å². The van der Waals surface area contributed by atoms with Gasteiger partial charge in [-0.3, -0.25) is 14.4 Å². The largest absolute Gasteiger partial charge is 0.496 e. The third kappa shape index (κ3) is 6.25. The molecule has 0 aliphatic carbocycles. The van der Waals surface area contributed by atoms with Gasteiger partial charge in [0.05, 0.1) is 12.7 Å². The Hall–Kier alpha value is -3.00. The van der Waals surface area contributed by atoms with Gasteiger partial charge >= 0.3 is 0 Å². The van der Waals surface area contributed by atoms with Gasteiger partial charge in [0.25, 0.3) is 11.8 Å². The minimum absolute atomic E-state index is 0.204. The minimum Gasteiger partial charge on any atom is -0.496 e. The summed E-state index contributed by atoms with van der Waals surface area (Å²) in [6.07, 6.45) is 2.42. The van der Waals surface area contributed by atoms with Crippen molar-refractivity contribution in [3.05, 3.63) is 59.7 Å². The van der Waals surface area contributed by atoms with Crippen molar-refractivity contribution < 1.29 is 19.1 Å². The molecular weight excluding hydrogens is 390 g/mol. The highest BCUT2D eigenvalue weighted by molar-refractivity contribution is 7.98. The molecule has 0 radical (unpaired) electrons. The SMILES string of the molecule is CNC(=O)c1ccc(NC(=O)[C@H](CCSC)NC(=O)c2ccccc2OC)cc1. The van der Waals surface area contributed by atoms with Crippen molar-refractivity contribution >= 4 is 35.2 Å². The van der Waals surface area contributed by atoms with Crippen molar-refractivity contribution in [1.82, 2.24) is 10.6 Å². The molecule has 8 heteroatoms. The van der Waals surface area contributed by atoms with E-state index >= 15 is 0 Å². The lowest BCUT2D eigenvalue weighted by Crippen LogP contribution is -2.44.